The van der Waals surface area contributed by atoms with Gasteiger partial charge in [-0.2, -0.15) is 0 Å². The fraction of sp³-hybridized carbons (Fsp3) is 0.0714. The van der Waals surface area contributed by atoms with Crippen LogP contribution >= 0.6 is 15.9 Å². The lowest BCUT2D eigenvalue weighted by molar-refractivity contribution is 0.0996. The number of ether oxygens (including phenoxy) is 1. The van der Waals surface area contributed by atoms with Gasteiger partial charge in [-0.25, -0.2) is 0 Å². The lowest BCUT2D eigenvalue weighted by atomic mass is 10.0. The Hall–Kier alpha value is -4.10. The van der Waals surface area contributed by atoms with Crippen molar-refractivity contribution >= 4 is 60.9 Å². The number of carbonyl (C=O) groups excluding carboxylic acids is 2. The molecule has 0 aliphatic carbocycles. The van der Waals surface area contributed by atoms with Crippen molar-refractivity contribution in [2.45, 2.75) is 6.92 Å². The number of anilines is 2. The largest absolute Gasteiger partial charge is 0.495 e. The summed E-state index contributed by atoms with van der Waals surface area (Å²) in [6.07, 6.45) is 0. The fourth-order valence-electron chi connectivity index (χ4n) is 4.01. The first kappa shape index (κ1) is 22.7. The molecule has 174 valence electrons. The van der Waals surface area contributed by atoms with Crippen LogP contribution < -0.4 is 15.4 Å². The zero-order valence-electron chi connectivity index (χ0n) is 19.0. The van der Waals surface area contributed by atoms with Gasteiger partial charge in [0, 0.05) is 16.8 Å². The zero-order chi connectivity index (χ0) is 24.5. The number of benzene rings is 4. The SMILES string of the molecule is COc1c(C(=O)Nc2ccc(NC(=O)c3cc4ccccc4o3)c(C)c2)cc2ccccc2c1Br. The summed E-state index contributed by atoms with van der Waals surface area (Å²) >= 11 is 3.57. The van der Waals surface area contributed by atoms with E-state index in [4.69, 9.17) is 9.15 Å². The van der Waals surface area contributed by atoms with E-state index in [1.165, 1.54) is 7.11 Å². The molecule has 0 aliphatic rings. The molecule has 2 N–H and O–H groups in total. The van der Waals surface area contributed by atoms with Crippen LogP contribution in [0.1, 0.15) is 26.5 Å². The highest BCUT2D eigenvalue weighted by Crippen LogP contribution is 2.37. The number of halogens is 1. The van der Waals surface area contributed by atoms with E-state index in [9.17, 15) is 9.59 Å². The van der Waals surface area contributed by atoms with E-state index in [0.717, 1.165) is 26.2 Å². The second kappa shape index (κ2) is 9.27. The summed E-state index contributed by atoms with van der Waals surface area (Å²) in [6.45, 7) is 1.86. The Morgan fingerprint density at radius 1 is 0.857 bits per heavy atom. The van der Waals surface area contributed by atoms with Crippen LogP contribution in [-0.2, 0) is 0 Å². The Kier molecular flexibility index (Phi) is 6.01. The third-order valence-electron chi connectivity index (χ3n) is 5.77. The maximum Gasteiger partial charge on any atom is 0.291 e. The second-order valence-corrected chi connectivity index (χ2v) is 8.87. The van der Waals surface area contributed by atoms with Gasteiger partial charge in [-0.05, 0) is 75.6 Å². The summed E-state index contributed by atoms with van der Waals surface area (Å²) in [6, 6.07) is 24.0. The lowest BCUT2D eigenvalue weighted by Gasteiger charge is -2.14. The van der Waals surface area contributed by atoms with Crippen LogP contribution in [0.4, 0.5) is 11.4 Å². The maximum absolute atomic E-state index is 13.1. The molecular formula is C28H21BrN2O4. The summed E-state index contributed by atoms with van der Waals surface area (Å²) in [7, 11) is 1.54. The highest BCUT2D eigenvalue weighted by atomic mass is 79.9. The molecule has 2 amide bonds. The van der Waals surface area contributed by atoms with E-state index in [0.29, 0.717) is 28.3 Å². The molecule has 1 heterocycles. The number of nitrogens with one attached hydrogen (secondary N) is 2. The predicted octanol–water partition coefficient (Wildman–Crippen LogP) is 7.17. The molecule has 0 atom stereocenters. The average Bonchev–Trinajstić information content (AvgIpc) is 3.30. The van der Waals surface area contributed by atoms with E-state index in [1.807, 2.05) is 61.5 Å². The predicted molar refractivity (Wildman–Crippen MR) is 141 cm³/mol. The van der Waals surface area contributed by atoms with Crippen molar-refractivity contribution in [3.63, 3.8) is 0 Å². The molecule has 0 aliphatic heterocycles. The van der Waals surface area contributed by atoms with Crippen molar-refractivity contribution in [2.75, 3.05) is 17.7 Å². The Labute approximate surface area is 210 Å². The number of fused-ring (bicyclic) bond motifs is 2. The maximum atomic E-state index is 13.1. The van der Waals surface area contributed by atoms with Gasteiger partial charge in [0.1, 0.15) is 11.3 Å². The van der Waals surface area contributed by atoms with Gasteiger partial charge in [-0.3, -0.25) is 9.59 Å². The highest BCUT2D eigenvalue weighted by Gasteiger charge is 2.19. The molecule has 6 nitrogen and oxygen atoms in total. The van der Waals surface area contributed by atoms with Crippen LogP contribution in [0.25, 0.3) is 21.7 Å². The van der Waals surface area contributed by atoms with Crippen LogP contribution in [-0.4, -0.2) is 18.9 Å². The van der Waals surface area contributed by atoms with Gasteiger partial charge in [-0.15, -0.1) is 0 Å². The van der Waals surface area contributed by atoms with E-state index < -0.39 is 0 Å². The molecule has 35 heavy (non-hydrogen) atoms. The van der Waals surface area contributed by atoms with Gasteiger partial charge >= 0.3 is 0 Å². The number of aryl methyl sites for hydroxylation is 1. The standard InChI is InChI=1S/C28H21BrN2O4/c1-16-13-19(11-12-22(16)31-28(33)24-15-18-8-4-6-10-23(18)35-24)30-27(32)21-14-17-7-3-5-9-20(17)25(29)26(21)34-2/h3-15H,1-2H3,(H,30,32)(H,31,33). The molecule has 0 saturated carbocycles. The minimum atomic E-state index is -0.341. The van der Waals surface area contributed by atoms with Crippen molar-refractivity contribution in [1.82, 2.24) is 0 Å². The number of amides is 2. The molecule has 0 unspecified atom stereocenters. The normalized spacial score (nSPS) is 10.9. The molecule has 5 rings (SSSR count). The average molecular weight is 529 g/mol. The zero-order valence-corrected chi connectivity index (χ0v) is 20.6. The molecular weight excluding hydrogens is 508 g/mol. The van der Waals surface area contributed by atoms with Gasteiger partial charge < -0.3 is 19.8 Å². The van der Waals surface area contributed by atoms with Gasteiger partial charge in [0.15, 0.2) is 5.76 Å². The smallest absolute Gasteiger partial charge is 0.291 e. The third-order valence-corrected chi connectivity index (χ3v) is 6.56. The number of hydrogen-bond acceptors (Lipinski definition) is 4. The molecule has 4 aromatic carbocycles. The number of rotatable bonds is 5. The van der Waals surface area contributed by atoms with Crippen molar-refractivity contribution in [3.8, 4) is 5.75 Å². The molecule has 0 radical (unpaired) electrons. The summed E-state index contributed by atoms with van der Waals surface area (Å²) in [5, 5.41) is 8.54. The van der Waals surface area contributed by atoms with Crippen LogP contribution in [0.5, 0.6) is 5.75 Å². The Bertz CT molecular complexity index is 1570. The number of carbonyl (C=O) groups is 2. The number of furan rings is 1. The summed E-state index contributed by atoms with van der Waals surface area (Å²) in [4.78, 5) is 25.8. The van der Waals surface area contributed by atoms with E-state index >= 15 is 0 Å². The highest BCUT2D eigenvalue weighted by molar-refractivity contribution is 9.10. The van der Waals surface area contributed by atoms with Crippen molar-refractivity contribution in [2.24, 2.45) is 0 Å². The summed E-state index contributed by atoms with van der Waals surface area (Å²) in [5.41, 5.74) is 3.08. The molecule has 5 aromatic rings. The third kappa shape index (κ3) is 4.38. The summed E-state index contributed by atoms with van der Waals surface area (Å²) < 4.78 is 11.9. The molecule has 7 heteroatoms. The van der Waals surface area contributed by atoms with Crippen LogP contribution in [0.3, 0.4) is 0 Å². The number of para-hydroxylation sites is 1. The first-order valence-corrected chi connectivity index (χ1v) is 11.7. The van der Waals surface area contributed by atoms with Crippen molar-refractivity contribution in [3.05, 3.63) is 100 Å². The molecule has 0 bridgehead atoms. The molecule has 0 spiro atoms. The Morgan fingerprint density at radius 2 is 1.60 bits per heavy atom. The summed E-state index contributed by atoms with van der Waals surface area (Å²) in [5.74, 6) is 0.0585. The fourth-order valence-corrected chi connectivity index (χ4v) is 4.75. The number of methoxy groups -OCH3 is 1. The second-order valence-electron chi connectivity index (χ2n) is 8.08. The van der Waals surface area contributed by atoms with Crippen LogP contribution in [0.2, 0.25) is 0 Å². The first-order chi connectivity index (χ1) is 16.9. The monoisotopic (exact) mass is 528 g/mol. The molecule has 1 aromatic heterocycles. The van der Waals surface area contributed by atoms with Crippen molar-refractivity contribution < 1.29 is 18.7 Å². The Morgan fingerprint density at radius 3 is 2.34 bits per heavy atom. The van der Waals surface area contributed by atoms with Crippen molar-refractivity contribution in [1.29, 1.82) is 0 Å². The van der Waals surface area contributed by atoms with Gasteiger partial charge in [0.2, 0.25) is 0 Å². The minimum absolute atomic E-state index is 0.233. The van der Waals surface area contributed by atoms with Crippen LogP contribution in [0, 0.1) is 6.92 Å². The molecule has 0 saturated heterocycles. The lowest BCUT2D eigenvalue weighted by Crippen LogP contribution is -2.15. The van der Waals surface area contributed by atoms with E-state index in [-0.39, 0.29) is 17.6 Å². The molecule has 0 fully saturated rings. The van der Waals surface area contributed by atoms with Gasteiger partial charge in [0.25, 0.3) is 11.8 Å². The Balaban J connectivity index is 1.36. The topological polar surface area (TPSA) is 80.6 Å². The quantitative estimate of drug-likeness (QED) is 0.253. The van der Waals surface area contributed by atoms with Gasteiger partial charge in [-0.1, -0.05) is 42.5 Å². The first-order valence-electron chi connectivity index (χ1n) is 10.9. The van der Waals surface area contributed by atoms with E-state index in [2.05, 4.69) is 26.6 Å². The number of hydrogen-bond donors (Lipinski definition) is 2. The minimum Gasteiger partial charge on any atom is -0.495 e. The van der Waals surface area contributed by atoms with Crippen LogP contribution in [0.15, 0.2) is 87.8 Å². The van der Waals surface area contributed by atoms with Gasteiger partial charge in [0.05, 0.1) is 17.1 Å². The van der Waals surface area contributed by atoms with E-state index in [1.54, 1.807) is 24.3 Å².